The Morgan fingerprint density at radius 2 is 1.63 bits per heavy atom. The van der Waals surface area contributed by atoms with Gasteiger partial charge in [-0.25, -0.2) is 4.68 Å². The molecule has 1 aromatic carbocycles. The second-order valence-corrected chi connectivity index (χ2v) is 8.20. The van der Waals surface area contributed by atoms with Crippen molar-refractivity contribution in [2.45, 2.75) is 64.1 Å². The Kier molecular flexibility index (Phi) is 6.20. The fraction of sp³-hybridized carbons (Fsp3) is 0.636. The summed E-state index contributed by atoms with van der Waals surface area (Å²) in [4.78, 5) is 5.35. The SMILES string of the molecule is CCCc1cn(C2CCN(C3CCN(Cc4ccccc4)CC3)CC2)nn1. The smallest absolute Gasteiger partial charge is 0.0827 e. The van der Waals surface area contributed by atoms with Crippen molar-refractivity contribution in [2.75, 3.05) is 26.2 Å². The maximum absolute atomic E-state index is 4.39. The van der Waals surface area contributed by atoms with Gasteiger partial charge < -0.3 is 4.90 Å². The Morgan fingerprint density at radius 1 is 0.926 bits per heavy atom. The molecule has 0 bridgehead atoms. The lowest BCUT2D eigenvalue weighted by Crippen LogP contribution is -2.47. The lowest BCUT2D eigenvalue weighted by Gasteiger charge is -2.41. The van der Waals surface area contributed by atoms with Gasteiger partial charge >= 0.3 is 0 Å². The molecule has 0 unspecified atom stereocenters. The molecule has 0 atom stereocenters. The molecule has 2 fully saturated rings. The zero-order chi connectivity index (χ0) is 18.5. The Labute approximate surface area is 163 Å². The first kappa shape index (κ1) is 18.6. The monoisotopic (exact) mass is 367 g/mol. The van der Waals surface area contributed by atoms with Gasteiger partial charge in [-0.2, -0.15) is 0 Å². The van der Waals surface area contributed by atoms with Crippen molar-refractivity contribution in [1.82, 2.24) is 24.8 Å². The van der Waals surface area contributed by atoms with E-state index in [0.717, 1.165) is 31.1 Å². The van der Waals surface area contributed by atoms with E-state index in [1.54, 1.807) is 0 Å². The van der Waals surface area contributed by atoms with Crippen LogP contribution in [0.4, 0.5) is 0 Å². The molecule has 0 aliphatic carbocycles. The van der Waals surface area contributed by atoms with Crippen LogP contribution in [0.25, 0.3) is 0 Å². The average molecular weight is 368 g/mol. The van der Waals surface area contributed by atoms with Crippen molar-refractivity contribution in [3.8, 4) is 0 Å². The lowest BCUT2D eigenvalue weighted by molar-refractivity contribution is 0.0747. The molecule has 2 aromatic rings. The minimum atomic E-state index is 0.539. The zero-order valence-corrected chi connectivity index (χ0v) is 16.6. The largest absolute Gasteiger partial charge is 0.300 e. The number of likely N-dealkylation sites (tertiary alicyclic amines) is 2. The van der Waals surface area contributed by atoms with Gasteiger partial charge in [0.05, 0.1) is 11.7 Å². The number of nitrogens with zero attached hydrogens (tertiary/aromatic N) is 5. The van der Waals surface area contributed by atoms with Gasteiger partial charge in [-0.05, 0) is 50.8 Å². The number of hydrogen-bond donors (Lipinski definition) is 0. The standard InChI is InChI=1S/C22H33N5/c1-2-6-20-18-27(24-23-20)22-11-15-26(16-12-22)21-9-13-25(14-10-21)17-19-7-4-3-5-8-19/h3-5,7-8,18,21-22H,2,6,9-17H2,1H3. The van der Waals surface area contributed by atoms with E-state index in [1.165, 1.54) is 57.4 Å². The predicted molar refractivity (Wildman–Crippen MR) is 109 cm³/mol. The molecule has 146 valence electrons. The number of piperidine rings is 2. The summed E-state index contributed by atoms with van der Waals surface area (Å²) in [6.07, 6.45) is 9.38. The highest BCUT2D eigenvalue weighted by Gasteiger charge is 2.29. The quantitative estimate of drug-likeness (QED) is 0.783. The normalized spacial score (nSPS) is 20.9. The van der Waals surface area contributed by atoms with Gasteiger partial charge in [0.2, 0.25) is 0 Å². The van der Waals surface area contributed by atoms with Gasteiger partial charge in [0.25, 0.3) is 0 Å². The summed E-state index contributed by atoms with van der Waals surface area (Å²) in [6, 6.07) is 12.2. The van der Waals surface area contributed by atoms with Crippen molar-refractivity contribution >= 4 is 0 Å². The van der Waals surface area contributed by atoms with E-state index in [1.807, 2.05) is 0 Å². The third-order valence-corrected chi connectivity index (χ3v) is 6.26. The first-order valence-corrected chi connectivity index (χ1v) is 10.7. The lowest BCUT2D eigenvalue weighted by atomic mass is 9.97. The third kappa shape index (κ3) is 4.77. The molecule has 0 spiro atoms. The van der Waals surface area contributed by atoms with Crippen LogP contribution in [-0.2, 0) is 13.0 Å². The fourth-order valence-electron chi connectivity index (χ4n) is 4.66. The number of benzene rings is 1. The van der Waals surface area contributed by atoms with Crippen LogP contribution in [0.1, 0.15) is 56.3 Å². The molecule has 5 heteroatoms. The molecule has 27 heavy (non-hydrogen) atoms. The highest BCUT2D eigenvalue weighted by molar-refractivity contribution is 5.14. The van der Waals surface area contributed by atoms with Gasteiger partial charge in [0.15, 0.2) is 0 Å². The average Bonchev–Trinajstić information content (AvgIpc) is 3.19. The summed E-state index contributed by atoms with van der Waals surface area (Å²) < 4.78 is 2.13. The number of hydrogen-bond acceptors (Lipinski definition) is 4. The van der Waals surface area contributed by atoms with Gasteiger partial charge in [-0.1, -0.05) is 48.9 Å². The second-order valence-electron chi connectivity index (χ2n) is 8.20. The van der Waals surface area contributed by atoms with E-state index in [2.05, 4.69) is 68.2 Å². The van der Waals surface area contributed by atoms with Crippen LogP contribution in [-0.4, -0.2) is 57.0 Å². The molecule has 2 saturated heterocycles. The van der Waals surface area contributed by atoms with Crippen molar-refractivity contribution in [1.29, 1.82) is 0 Å². The minimum absolute atomic E-state index is 0.539. The minimum Gasteiger partial charge on any atom is -0.300 e. The Hall–Kier alpha value is -1.72. The number of aryl methyl sites for hydroxylation is 1. The molecule has 0 radical (unpaired) electrons. The summed E-state index contributed by atoms with van der Waals surface area (Å²) in [5.41, 5.74) is 2.58. The van der Waals surface area contributed by atoms with Crippen molar-refractivity contribution < 1.29 is 0 Å². The predicted octanol–water partition coefficient (Wildman–Crippen LogP) is 3.53. The summed E-state index contributed by atoms with van der Waals surface area (Å²) in [7, 11) is 0. The van der Waals surface area contributed by atoms with Gasteiger partial charge in [-0.3, -0.25) is 4.90 Å². The van der Waals surface area contributed by atoms with Crippen molar-refractivity contribution in [2.24, 2.45) is 0 Å². The topological polar surface area (TPSA) is 37.2 Å². The Morgan fingerprint density at radius 3 is 2.33 bits per heavy atom. The van der Waals surface area contributed by atoms with Crippen LogP contribution in [0.3, 0.4) is 0 Å². The molecule has 4 rings (SSSR count). The highest BCUT2D eigenvalue weighted by atomic mass is 15.4. The van der Waals surface area contributed by atoms with E-state index in [4.69, 9.17) is 0 Å². The van der Waals surface area contributed by atoms with E-state index in [-0.39, 0.29) is 0 Å². The van der Waals surface area contributed by atoms with E-state index in [0.29, 0.717) is 6.04 Å². The van der Waals surface area contributed by atoms with Crippen molar-refractivity contribution in [3.05, 3.63) is 47.8 Å². The van der Waals surface area contributed by atoms with E-state index < -0.39 is 0 Å². The first-order valence-electron chi connectivity index (χ1n) is 10.7. The summed E-state index contributed by atoms with van der Waals surface area (Å²) >= 11 is 0. The van der Waals surface area contributed by atoms with Crippen molar-refractivity contribution in [3.63, 3.8) is 0 Å². The van der Waals surface area contributed by atoms with Crippen LogP contribution in [0.15, 0.2) is 36.5 Å². The van der Waals surface area contributed by atoms with E-state index >= 15 is 0 Å². The van der Waals surface area contributed by atoms with Crippen LogP contribution < -0.4 is 0 Å². The molecular weight excluding hydrogens is 334 g/mol. The van der Waals surface area contributed by atoms with Crippen LogP contribution >= 0.6 is 0 Å². The molecular formula is C22H33N5. The maximum atomic E-state index is 4.39. The molecule has 2 aliphatic rings. The molecule has 0 saturated carbocycles. The number of aromatic nitrogens is 3. The number of rotatable bonds is 6. The highest BCUT2D eigenvalue weighted by Crippen LogP contribution is 2.27. The summed E-state index contributed by atoms with van der Waals surface area (Å²) in [5, 5.41) is 8.71. The second kappa shape index (κ2) is 8.98. The van der Waals surface area contributed by atoms with Crippen LogP contribution in [0.5, 0.6) is 0 Å². The van der Waals surface area contributed by atoms with Gasteiger partial charge in [0.1, 0.15) is 0 Å². The third-order valence-electron chi connectivity index (χ3n) is 6.26. The van der Waals surface area contributed by atoms with Crippen LogP contribution in [0, 0.1) is 0 Å². The van der Waals surface area contributed by atoms with Gasteiger partial charge in [-0.15, -0.1) is 5.10 Å². The molecule has 1 aromatic heterocycles. The molecule has 0 amide bonds. The van der Waals surface area contributed by atoms with Gasteiger partial charge in [0, 0.05) is 31.9 Å². The maximum Gasteiger partial charge on any atom is 0.0827 e. The molecule has 2 aliphatic heterocycles. The summed E-state index contributed by atoms with van der Waals surface area (Å²) in [6.45, 7) is 8.16. The van der Waals surface area contributed by atoms with Crippen LogP contribution in [0.2, 0.25) is 0 Å². The Balaban J connectivity index is 1.22. The molecule has 3 heterocycles. The first-order chi connectivity index (χ1) is 13.3. The molecule has 5 nitrogen and oxygen atoms in total. The van der Waals surface area contributed by atoms with E-state index in [9.17, 15) is 0 Å². The zero-order valence-electron chi connectivity index (χ0n) is 16.6. The fourth-order valence-corrected chi connectivity index (χ4v) is 4.66. The Bertz CT molecular complexity index is 682. The summed E-state index contributed by atoms with van der Waals surface area (Å²) in [5.74, 6) is 0. The molecule has 0 N–H and O–H groups in total.